The van der Waals surface area contributed by atoms with Crippen LogP contribution in [0.3, 0.4) is 0 Å². The van der Waals surface area contributed by atoms with Crippen molar-refractivity contribution in [1.82, 2.24) is 5.32 Å². The topological polar surface area (TPSA) is 49.3 Å². The Bertz CT molecular complexity index is 131. The molecule has 78 valence electrons. The molecule has 0 saturated heterocycles. The Kier molecular flexibility index (Phi) is 9.70. The van der Waals surface area contributed by atoms with E-state index >= 15 is 0 Å². The van der Waals surface area contributed by atoms with Gasteiger partial charge in [0.25, 0.3) is 0 Å². The zero-order valence-corrected chi connectivity index (χ0v) is 9.03. The van der Waals surface area contributed by atoms with Crippen molar-refractivity contribution < 1.29 is 9.90 Å². The molecule has 0 spiro atoms. The van der Waals surface area contributed by atoms with Crippen molar-refractivity contribution >= 4 is 17.7 Å². The molecule has 13 heavy (non-hydrogen) atoms. The molecule has 0 saturated carbocycles. The summed E-state index contributed by atoms with van der Waals surface area (Å²) in [6, 6.07) is 0. The van der Waals surface area contributed by atoms with Crippen LogP contribution in [0.15, 0.2) is 0 Å². The van der Waals surface area contributed by atoms with Gasteiger partial charge in [-0.3, -0.25) is 4.79 Å². The van der Waals surface area contributed by atoms with Gasteiger partial charge in [0.05, 0.1) is 12.4 Å². The van der Waals surface area contributed by atoms with Gasteiger partial charge in [-0.25, -0.2) is 0 Å². The van der Waals surface area contributed by atoms with Crippen LogP contribution in [-0.2, 0) is 4.79 Å². The normalized spacial score (nSPS) is 10.0. The standard InChI is InChI=1S/C9H19NO2S/c1-2-3-4-7-13-8-9(12)10-5-6-11/h11H,2-8H2,1H3,(H,10,12). The maximum absolute atomic E-state index is 11.0. The first-order valence-corrected chi connectivity index (χ1v) is 5.92. The van der Waals surface area contributed by atoms with E-state index < -0.39 is 0 Å². The fraction of sp³-hybridized carbons (Fsp3) is 0.889. The second-order valence-electron chi connectivity index (χ2n) is 2.83. The van der Waals surface area contributed by atoms with Crippen molar-refractivity contribution in [1.29, 1.82) is 0 Å². The van der Waals surface area contributed by atoms with Crippen molar-refractivity contribution in [3.8, 4) is 0 Å². The number of aliphatic hydroxyl groups is 1. The fourth-order valence-corrected chi connectivity index (χ4v) is 1.71. The van der Waals surface area contributed by atoms with Crippen LogP contribution in [0.25, 0.3) is 0 Å². The monoisotopic (exact) mass is 205 g/mol. The third-order valence-electron chi connectivity index (χ3n) is 1.56. The molecule has 4 heteroatoms. The first-order valence-electron chi connectivity index (χ1n) is 4.76. The molecule has 0 aromatic carbocycles. The van der Waals surface area contributed by atoms with E-state index in [2.05, 4.69) is 12.2 Å². The Balaban J connectivity index is 3.08. The molecular formula is C9H19NO2S. The molecule has 0 radical (unpaired) electrons. The molecule has 0 unspecified atom stereocenters. The minimum Gasteiger partial charge on any atom is -0.395 e. The molecule has 0 aliphatic rings. The molecule has 0 fully saturated rings. The van der Waals surface area contributed by atoms with Crippen molar-refractivity contribution in [3.05, 3.63) is 0 Å². The smallest absolute Gasteiger partial charge is 0.230 e. The van der Waals surface area contributed by atoms with Crippen molar-refractivity contribution in [3.63, 3.8) is 0 Å². The SMILES string of the molecule is CCCCCSCC(=O)NCCO. The van der Waals surface area contributed by atoms with Crippen LogP contribution in [0.5, 0.6) is 0 Å². The van der Waals surface area contributed by atoms with Crippen molar-refractivity contribution in [2.75, 3.05) is 24.7 Å². The molecule has 3 nitrogen and oxygen atoms in total. The summed E-state index contributed by atoms with van der Waals surface area (Å²) < 4.78 is 0. The molecule has 2 N–H and O–H groups in total. The molecule has 0 bridgehead atoms. The van der Waals surface area contributed by atoms with E-state index in [9.17, 15) is 4.79 Å². The van der Waals surface area contributed by atoms with Crippen LogP contribution in [0.4, 0.5) is 0 Å². The fourth-order valence-electron chi connectivity index (χ4n) is 0.865. The van der Waals surface area contributed by atoms with Gasteiger partial charge in [-0.05, 0) is 12.2 Å². The lowest BCUT2D eigenvalue weighted by atomic mass is 10.3. The molecule has 0 aliphatic heterocycles. The Labute approximate surface area is 84.3 Å². The minimum absolute atomic E-state index is 0.0201. The molecule has 0 aliphatic carbocycles. The highest BCUT2D eigenvalue weighted by Crippen LogP contribution is 2.05. The molecule has 0 rings (SSSR count). The zero-order valence-electron chi connectivity index (χ0n) is 8.21. The van der Waals surface area contributed by atoms with Gasteiger partial charge in [-0.1, -0.05) is 19.8 Å². The Morgan fingerprint density at radius 2 is 2.23 bits per heavy atom. The summed E-state index contributed by atoms with van der Waals surface area (Å²) in [6.45, 7) is 2.55. The van der Waals surface area contributed by atoms with Gasteiger partial charge in [0.15, 0.2) is 0 Å². The van der Waals surface area contributed by atoms with Gasteiger partial charge in [0.2, 0.25) is 5.91 Å². The maximum atomic E-state index is 11.0. The third-order valence-corrected chi connectivity index (χ3v) is 2.60. The van der Waals surface area contributed by atoms with Gasteiger partial charge < -0.3 is 10.4 Å². The van der Waals surface area contributed by atoms with Crippen molar-refractivity contribution in [2.45, 2.75) is 26.2 Å². The minimum atomic E-state index is 0.0201. The second kappa shape index (κ2) is 9.86. The molecular weight excluding hydrogens is 186 g/mol. The van der Waals surface area contributed by atoms with Gasteiger partial charge in [0.1, 0.15) is 0 Å². The van der Waals surface area contributed by atoms with E-state index in [0.717, 1.165) is 5.75 Å². The summed E-state index contributed by atoms with van der Waals surface area (Å²) in [7, 11) is 0. The highest BCUT2D eigenvalue weighted by atomic mass is 32.2. The first-order chi connectivity index (χ1) is 6.31. The van der Waals surface area contributed by atoms with E-state index in [4.69, 9.17) is 5.11 Å². The molecule has 0 heterocycles. The average Bonchev–Trinajstić information content (AvgIpc) is 2.14. The molecule has 1 amide bonds. The number of thioether (sulfide) groups is 1. The van der Waals surface area contributed by atoms with Crippen molar-refractivity contribution in [2.24, 2.45) is 0 Å². The Morgan fingerprint density at radius 3 is 2.85 bits per heavy atom. The molecule has 0 aromatic rings. The number of nitrogens with one attached hydrogen (secondary N) is 1. The number of hydrogen-bond donors (Lipinski definition) is 2. The number of carbonyl (C=O) groups is 1. The van der Waals surface area contributed by atoms with Crippen LogP contribution in [0, 0.1) is 0 Å². The number of aliphatic hydroxyl groups excluding tert-OH is 1. The van der Waals surface area contributed by atoms with Crippen LogP contribution in [0.2, 0.25) is 0 Å². The van der Waals surface area contributed by atoms with Gasteiger partial charge in [-0.15, -0.1) is 0 Å². The summed E-state index contributed by atoms with van der Waals surface area (Å²) in [4.78, 5) is 11.0. The largest absolute Gasteiger partial charge is 0.395 e. The molecule has 0 atom stereocenters. The summed E-state index contributed by atoms with van der Waals surface area (Å²) in [5, 5.41) is 11.0. The van der Waals surface area contributed by atoms with Crippen LogP contribution in [0.1, 0.15) is 26.2 Å². The predicted octanol–water partition coefficient (Wildman–Crippen LogP) is 1.02. The third kappa shape index (κ3) is 9.70. The number of rotatable bonds is 8. The van der Waals surface area contributed by atoms with E-state index in [0.29, 0.717) is 12.3 Å². The lowest BCUT2D eigenvalue weighted by Crippen LogP contribution is -2.27. The van der Waals surface area contributed by atoms with E-state index in [1.165, 1.54) is 19.3 Å². The van der Waals surface area contributed by atoms with E-state index in [1.54, 1.807) is 11.8 Å². The van der Waals surface area contributed by atoms with Crippen LogP contribution < -0.4 is 5.32 Å². The highest BCUT2D eigenvalue weighted by Gasteiger charge is 1.98. The lowest BCUT2D eigenvalue weighted by Gasteiger charge is -2.02. The number of hydrogen-bond acceptors (Lipinski definition) is 3. The summed E-state index contributed by atoms with van der Waals surface area (Å²) in [5.74, 6) is 1.60. The quantitative estimate of drug-likeness (QED) is 0.582. The summed E-state index contributed by atoms with van der Waals surface area (Å²) >= 11 is 1.66. The van der Waals surface area contributed by atoms with Crippen LogP contribution >= 0.6 is 11.8 Å². The summed E-state index contributed by atoms with van der Waals surface area (Å²) in [6.07, 6.45) is 3.65. The van der Waals surface area contributed by atoms with Gasteiger partial charge in [0, 0.05) is 6.54 Å². The Morgan fingerprint density at radius 1 is 1.46 bits per heavy atom. The molecule has 0 aromatic heterocycles. The summed E-state index contributed by atoms with van der Waals surface area (Å²) in [5.41, 5.74) is 0. The van der Waals surface area contributed by atoms with Crippen LogP contribution in [-0.4, -0.2) is 35.7 Å². The second-order valence-corrected chi connectivity index (χ2v) is 3.94. The van der Waals surface area contributed by atoms with E-state index in [1.807, 2.05) is 0 Å². The van der Waals surface area contributed by atoms with Gasteiger partial charge >= 0.3 is 0 Å². The highest BCUT2D eigenvalue weighted by molar-refractivity contribution is 7.99. The maximum Gasteiger partial charge on any atom is 0.230 e. The zero-order chi connectivity index (χ0) is 9.94. The first kappa shape index (κ1) is 12.8. The number of unbranched alkanes of at least 4 members (excludes halogenated alkanes) is 2. The van der Waals surface area contributed by atoms with E-state index in [-0.39, 0.29) is 12.5 Å². The lowest BCUT2D eigenvalue weighted by molar-refractivity contribution is -0.118. The number of carbonyl (C=O) groups excluding carboxylic acids is 1. The predicted molar refractivity (Wildman–Crippen MR) is 56.9 cm³/mol. The van der Waals surface area contributed by atoms with Gasteiger partial charge in [-0.2, -0.15) is 11.8 Å². The Hall–Kier alpha value is -0.220. The average molecular weight is 205 g/mol. The number of amides is 1.